The molecule has 0 aliphatic carbocycles. The van der Waals surface area contributed by atoms with E-state index in [1.165, 1.54) is 4.57 Å². The number of nitrogens with one attached hydrogen (secondary N) is 1. The molecule has 1 saturated heterocycles. The molecule has 0 radical (unpaired) electrons. The summed E-state index contributed by atoms with van der Waals surface area (Å²) < 4.78 is 6.74. The zero-order valence-corrected chi connectivity index (χ0v) is 15.6. The van der Waals surface area contributed by atoms with E-state index in [1.807, 2.05) is 4.90 Å². The zero-order chi connectivity index (χ0) is 19.1. The molecular weight excluding hydrogens is 338 g/mol. The van der Waals surface area contributed by atoms with Crippen molar-refractivity contribution < 1.29 is 14.6 Å². The summed E-state index contributed by atoms with van der Waals surface area (Å²) in [5.41, 5.74) is -0.764. The first-order chi connectivity index (χ1) is 12.1. The van der Waals surface area contributed by atoms with E-state index in [-0.39, 0.29) is 12.1 Å². The number of fused-ring (bicyclic) bond motifs is 1. The zero-order valence-electron chi connectivity index (χ0n) is 15.6. The summed E-state index contributed by atoms with van der Waals surface area (Å²) in [6, 6.07) is 0. The average molecular weight is 363 g/mol. The molecule has 0 spiro atoms. The molecule has 2 aromatic rings. The third-order valence-corrected chi connectivity index (χ3v) is 4.49. The number of nitrogens with zero attached hydrogens (tertiary/aromatic N) is 4. The second-order valence-corrected chi connectivity index (χ2v) is 7.87. The molecular formula is C17H25N5O4. The third-order valence-electron chi connectivity index (χ3n) is 4.49. The van der Waals surface area contributed by atoms with Crippen LogP contribution >= 0.6 is 0 Å². The van der Waals surface area contributed by atoms with Crippen molar-refractivity contribution in [1.82, 2.24) is 19.5 Å². The maximum atomic E-state index is 12.0. The first kappa shape index (κ1) is 18.4. The molecule has 2 N–H and O–H groups in total. The number of imidazole rings is 1. The number of aliphatic hydroxyl groups is 1. The summed E-state index contributed by atoms with van der Waals surface area (Å²) in [4.78, 5) is 37.1. The first-order valence-electron chi connectivity index (χ1n) is 8.67. The quantitative estimate of drug-likeness (QED) is 0.773. The van der Waals surface area contributed by atoms with Gasteiger partial charge < -0.3 is 19.7 Å². The van der Waals surface area contributed by atoms with Crippen LogP contribution in [0.1, 0.15) is 40.0 Å². The Morgan fingerprint density at radius 2 is 2.04 bits per heavy atom. The lowest BCUT2D eigenvalue weighted by Crippen LogP contribution is -2.46. The minimum atomic E-state index is -1.08. The van der Waals surface area contributed by atoms with Crippen LogP contribution in [0.3, 0.4) is 0 Å². The van der Waals surface area contributed by atoms with Gasteiger partial charge in [-0.3, -0.25) is 9.36 Å². The first-order valence-corrected chi connectivity index (χ1v) is 8.67. The Balaban J connectivity index is 1.67. The van der Waals surface area contributed by atoms with E-state index < -0.39 is 17.2 Å². The highest BCUT2D eigenvalue weighted by atomic mass is 16.6. The molecule has 0 unspecified atom stereocenters. The molecule has 9 heteroatoms. The molecule has 0 bridgehead atoms. The van der Waals surface area contributed by atoms with Gasteiger partial charge in [-0.15, -0.1) is 0 Å². The molecule has 0 aromatic carbocycles. The molecule has 142 valence electrons. The average Bonchev–Trinajstić information content (AvgIpc) is 2.80. The van der Waals surface area contributed by atoms with Crippen LogP contribution in [0.4, 0.5) is 5.95 Å². The topological polar surface area (TPSA) is 113 Å². The fourth-order valence-corrected chi connectivity index (χ4v) is 3.10. The normalized spacial score (nSPS) is 17.5. The Morgan fingerprint density at radius 3 is 2.65 bits per heavy atom. The van der Waals surface area contributed by atoms with Crippen molar-refractivity contribution in [2.24, 2.45) is 7.05 Å². The smallest absolute Gasteiger partial charge is 0.327 e. The number of esters is 1. The van der Waals surface area contributed by atoms with Crippen molar-refractivity contribution in [3.63, 3.8) is 0 Å². The van der Waals surface area contributed by atoms with E-state index in [1.54, 1.807) is 34.0 Å². The number of H-pyrrole nitrogens is 1. The van der Waals surface area contributed by atoms with Gasteiger partial charge in [0.15, 0.2) is 5.65 Å². The molecule has 1 aliphatic heterocycles. The van der Waals surface area contributed by atoms with E-state index in [0.717, 1.165) is 0 Å². The second-order valence-electron chi connectivity index (χ2n) is 7.87. The number of piperidine rings is 1. The molecule has 3 heterocycles. The number of hydrogen-bond acceptors (Lipinski definition) is 7. The summed E-state index contributed by atoms with van der Waals surface area (Å²) in [5, 5.41) is 10.7. The number of aromatic amines is 1. The van der Waals surface area contributed by atoms with Gasteiger partial charge in [-0.2, -0.15) is 4.98 Å². The van der Waals surface area contributed by atoms with Crippen LogP contribution in [-0.2, 0) is 16.6 Å². The van der Waals surface area contributed by atoms with Crippen LogP contribution in [-0.4, -0.2) is 54.9 Å². The molecule has 9 nitrogen and oxygen atoms in total. The Kier molecular flexibility index (Phi) is 4.51. The maximum absolute atomic E-state index is 12.0. The number of carbonyl (C=O) groups excluding carboxylic acids is 1. The van der Waals surface area contributed by atoms with Crippen molar-refractivity contribution in [2.45, 2.75) is 51.2 Å². The van der Waals surface area contributed by atoms with E-state index in [9.17, 15) is 14.7 Å². The van der Waals surface area contributed by atoms with Crippen LogP contribution in [0.15, 0.2) is 11.0 Å². The van der Waals surface area contributed by atoms with Crippen LogP contribution in [0.2, 0.25) is 0 Å². The van der Waals surface area contributed by atoms with E-state index in [4.69, 9.17) is 4.74 Å². The van der Waals surface area contributed by atoms with Gasteiger partial charge in [-0.1, -0.05) is 0 Å². The molecule has 1 fully saturated rings. The largest absolute Gasteiger partial charge is 0.460 e. The summed E-state index contributed by atoms with van der Waals surface area (Å²) in [6.45, 7) is 6.45. The predicted octanol–water partition coefficient (Wildman–Crippen LogP) is 0.720. The Bertz CT molecular complexity index is 871. The van der Waals surface area contributed by atoms with Crippen molar-refractivity contribution in [3.05, 3.63) is 16.7 Å². The van der Waals surface area contributed by atoms with E-state index in [0.29, 0.717) is 43.0 Å². The number of rotatable bonds is 3. The van der Waals surface area contributed by atoms with Crippen molar-refractivity contribution in [3.8, 4) is 0 Å². The highest BCUT2D eigenvalue weighted by Gasteiger charge is 2.36. The Hall–Kier alpha value is -2.42. The fraction of sp³-hybridized carbons (Fsp3) is 0.647. The van der Waals surface area contributed by atoms with Crippen LogP contribution < -0.4 is 10.6 Å². The minimum absolute atomic E-state index is 0.0235. The SMILES string of the molecule is Cn1c(=O)[nH]c2cnc(N3CCC(O)(CC(=O)OC(C)(C)C)CC3)nc21. The number of carbonyl (C=O) groups is 1. The van der Waals surface area contributed by atoms with Gasteiger partial charge in [-0.25, -0.2) is 9.78 Å². The van der Waals surface area contributed by atoms with Crippen molar-refractivity contribution >= 4 is 23.1 Å². The fourth-order valence-electron chi connectivity index (χ4n) is 3.10. The van der Waals surface area contributed by atoms with Crippen LogP contribution in [0, 0.1) is 0 Å². The van der Waals surface area contributed by atoms with Crippen molar-refractivity contribution in [1.29, 1.82) is 0 Å². The van der Waals surface area contributed by atoms with Gasteiger partial charge in [-0.05, 0) is 33.6 Å². The molecule has 1 aliphatic rings. The number of ether oxygens (including phenoxy) is 1. The standard InChI is InChI=1S/C17H25N5O4/c1-16(2,3)26-12(23)9-17(25)5-7-22(8-6-17)14-18-10-11-13(20-14)21(4)15(24)19-11/h10,25H,5-9H2,1-4H3,(H,19,24). The molecule has 26 heavy (non-hydrogen) atoms. The van der Waals surface area contributed by atoms with Gasteiger partial charge >= 0.3 is 11.7 Å². The van der Waals surface area contributed by atoms with Crippen LogP contribution in [0.25, 0.3) is 11.2 Å². The Labute approximate surface area is 151 Å². The number of aryl methyl sites for hydroxylation is 1. The highest BCUT2D eigenvalue weighted by molar-refractivity contribution is 5.72. The summed E-state index contributed by atoms with van der Waals surface area (Å²) in [6.07, 6.45) is 2.39. The number of anilines is 1. The molecule has 0 atom stereocenters. The lowest BCUT2D eigenvalue weighted by molar-refractivity contribution is -0.161. The van der Waals surface area contributed by atoms with Gasteiger partial charge in [0.2, 0.25) is 5.95 Å². The van der Waals surface area contributed by atoms with Gasteiger partial charge in [0.1, 0.15) is 11.1 Å². The lowest BCUT2D eigenvalue weighted by Gasteiger charge is -2.38. The van der Waals surface area contributed by atoms with Gasteiger partial charge in [0, 0.05) is 20.1 Å². The van der Waals surface area contributed by atoms with Crippen molar-refractivity contribution in [2.75, 3.05) is 18.0 Å². The Morgan fingerprint density at radius 1 is 1.38 bits per heavy atom. The molecule has 0 saturated carbocycles. The number of aromatic nitrogens is 4. The highest BCUT2D eigenvalue weighted by Crippen LogP contribution is 2.28. The molecule has 0 amide bonds. The summed E-state index contributed by atoms with van der Waals surface area (Å²) in [5.74, 6) is 0.111. The summed E-state index contributed by atoms with van der Waals surface area (Å²) >= 11 is 0. The lowest BCUT2D eigenvalue weighted by atomic mass is 9.88. The van der Waals surface area contributed by atoms with E-state index >= 15 is 0 Å². The second kappa shape index (κ2) is 6.39. The van der Waals surface area contributed by atoms with Gasteiger partial charge in [0.05, 0.1) is 18.2 Å². The minimum Gasteiger partial charge on any atom is -0.460 e. The monoisotopic (exact) mass is 363 g/mol. The summed E-state index contributed by atoms with van der Waals surface area (Å²) in [7, 11) is 1.65. The van der Waals surface area contributed by atoms with Crippen LogP contribution in [0.5, 0.6) is 0 Å². The van der Waals surface area contributed by atoms with E-state index in [2.05, 4.69) is 15.0 Å². The molecule has 3 rings (SSSR count). The third kappa shape index (κ3) is 3.87. The molecule has 2 aromatic heterocycles. The maximum Gasteiger partial charge on any atom is 0.327 e. The van der Waals surface area contributed by atoms with Gasteiger partial charge in [0.25, 0.3) is 0 Å². The predicted molar refractivity (Wildman–Crippen MR) is 96.0 cm³/mol. The number of hydrogen-bond donors (Lipinski definition) is 2.